The molecule has 0 radical (unpaired) electrons. The third-order valence-corrected chi connectivity index (χ3v) is 2.44. The number of benzene rings is 2. The second-order valence-electron chi connectivity index (χ2n) is 3.97. The van der Waals surface area contributed by atoms with Gasteiger partial charge in [0.05, 0.1) is 5.69 Å². The van der Waals surface area contributed by atoms with Gasteiger partial charge in [0.15, 0.2) is 11.6 Å². The van der Waals surface area contributed by atoms with Crippen LogP contribution in [0.2, 0.25) is 0 Å². The Labute approximate surface area is 111 Å². The van der Waals surface area contributed by atoms with E-state index >= 15 is 0 Å². The summed E-state index contributed by atoms with van der Waals surface area (Å²) in [5.41, 5.74) is 4.63. The maximum atomic E-state index is 13.3. The van der Waals surface area contributed by atoms with Gasteiger partial charge in [-0.2, -0.15) is 0 Å². The molecule has 0 aliphatic carbocycles. The number of nitrogen functional groups attached to an aromatic ring is 1. The van der Waals surface area contributed by atoms with Gasteiger partial charge < -0.3 is 11.1 Å². The molecule has 20 heavy (non-hydrogen) atoms. The maximum absolute atomic E-state index is 13.3. The molecule has 7 heteroatoms. The lowest BCUT2D eigenvalue weighted by Crippen LogP contribution is -2.14. The molecule has 0 saturated heterocycles. The first-order chi connectivity index (χ1) is 9.36. The SMILES string of the molecule is Nc1cc(F)cc(C(=O)Nc2cc(F)c(F)cc2F)c1. The van der Waals surface area contributed by atoms with E-state index in [-0.39, 0.29) is 11.3 Å². The van der Waals surface area contributed by atoms with Crippen LogP contribution >= 0.6 is 0 Å². The number of halogens is 4. The van der Waals surface area contributed by atoms with Gasteiger partial charge in [-0.3, -0.25) is 4.79 Å². The van der Waals surface area contributed by atoms with Gasteiger partial charge in [0.25, 0.3) is 5.91 Å². The Morgan fingerprint density at radius 3 is 2.20 bits per heavy atom. The number of carbonyl (C=O) groups excluding carboxylic acids is 1. The van der Waals surface area contributed by atoms with Crippen molar-refractivity contribution < 1.29 is 22.4 Å². The average molecular weight is 284 g/mol. The van der Waals surface area contributed by atoms with E-state index in [4.69, 9.17) is 5.73 Å². The first-order valence-electron chi connectivity index (χ1n) is 5.39. The van der Waals surface area contributed by atoms with Crippen LogP contribution in [0.25, 0.3) is 0 Å². The molecule has 0 atom stereocenters. The summed E-state index contributed by atoms with van der Waals surface area (Å²) in [6, 6.07) is 3.82. The lowest BCUT2D eigenvalue weighted by Gasteiger charge is -2.08. The number of rotatable bonds is 2. The fourth-order valence-electron chi connectivity index (χ4n) is 1.56. The van der Waals surface area contributed by atoms with Gasteiger partial charge in [-0.15, -0.1) is 0 Å². The molecule has 0 unspecified atom stereocenters. The highest BCUT2D eigenvalue weighted by Crippen LogP contribution is 2.20. The van der Waals surface area contributed by atoms with E-state index in [0.717, 1.165) is 18.2 Å². The summed E-state index contributed by atoms with van der Waals surface area (Å²) in [6.07, 6.45) is 0. The van der Waals surface area contributed by atoms with Gasteiger partial charge in [-0.1, -0.05) is 0 Å². The minimum absolute atomic E-state index is 0.000841. The molecule has 2 aromatic carbocycles. The lowest BCUT2D eigenvalue weighted by molar-refractivity contribution is 0.102. The second-order valence-corrected chi connectivity index (χ2v) is 3.97. The fourth-order valence-corrected chi connectivity index (χ4v) is 1.56. The highest BCUT2D eigenvalue weighted by atomic mass is 19.2. The largest absolute Gasteiger partial charge is 0.399 e. The van der Waals surface area contributed by atoms with Crippen LogP contribution in [0.3, 0.4) is 0 Å². The Bertz CT molecular complexity index is 668. The van der Waals surface area contributed by atoms with Gasteiger partial charge in [-0.05, 0) is 18.2 Å². The number of nitrogens with one attached hydrogen (secondary N) is 1. The Balaban J connectivity index is 2.30. The third kappa shape index (κ3) is 2.87. The summed E-state index contributed by atoms with van der Waals surface area (Å²) in [7, 11) is 0. The highest BCUT2D eigenvalue weighted by molar-refractivity contribution is 6.04. The van der Waals surface area contributed by atoms with E-state index in [1.807, 2.05) is 5.32 Å². The molecular formula is C13H8F4N2O. The van der Waals surface area contributed by atoms with Crippen LogP contribution in [-0.4, -0.2) is 5.91 Å². The van der Waals surface area contributed by atoms with E-state index < -0.39 is 34.9 Å². The van der Waals surface area contributed by atoms with Gasteiger partial charge >= 0.3 is 0 Å². The Morgan fingerprint density at radius 1 is 0.900 bits per heavy atom. The summed E-state index contributed by atoms with van der Waals surface area (Å²) in [6.45, 7) is 0. The van der Waals surface area contributed by atoms with Crippen molar-refractivity contribution in [2.45, 2.75) is 0 Å². The molecule has 2 rings (SSSR count). The van der Waals surface area contributed by atoms with Crippen molar-refractivity contribution in [2.24, 2.45) is 0 Å². The van der Waals surface area contributed by atoms with Crippen LogP contribution < -0.4 is 11.1 Å². The third-order valence-electron chi connectivity index (χ3n) is 2.44. The molecule has 1 amide bonds. The maximum Gasteiger partial charge on any atom is 0.255 e. The summed E-state index contributed by atoms with van der Waals surface area (Å²) in [5.74, 6) is -5.50. The molecule has 0 aliphatic heterocycles. The van der Waals surface area contributed by atoms with Crippen molar-refractivity contribution in [3.8, 4) is 0 Å². The topological polar surface area (TPSA) is 55.1 Å². The van der Waals surface area contributed by atoms with Crippen molar-refractivity contribution in [3.05, 3.63) is 59.2 Å². The Morgan fingerprint density at radius 2 is 1.55 bits per heavy atom. The van der Waals surface area contributed by atoms with Gasteiger partial charge in [-0.25, -0.2) is 17.6 Å². The summed E-state index contributed by atoms with van der Waals surface area (Å²) < 4.78 is 52.1. The first-order valence-corrected chi connectivity index (χ1v) is 5.39. The highest BCUT2D eigenvalue weighted by Gasteiger charge is 2.14. The molecule has 0 fully saturated rings. The van der Waals surface area contributed by atoms with Crippen LogP contribution in [0, 0.1) is 23.3 Å². The van der Waals surface area contributed by atoms with E-state index in [1.54, 1.807) is 0 Å². The standard InChI is InChI=1S/C13H8F4N2O/c14-7-1-6(2-8(18)3-7)13(20)19-12-5-10(16)9(15)4-11(12)17/h1-5H,18H2,(H,19,20). The number of carbonyl (C=O) groups is 1. The zero-order valence-corrected chi connectivity index (χ0v) is 9.88. The minimum atomic E-state index is -1.38. The summed E-state index contributed by atoms with van der Waals surface area (Å²) in [4.78, 5) is 11.8. The minimum Gasteiger partial charge on any atom is -0.399 e. The van der Waals surface area contributed by atoms with Gasteiger partial charge in [0.2, 0.25) is 0 Å². The zero-order valence-electron chi connectivity index (χ0n) is 9.88. The molecule has 104 valence electrons. The smallest absolute Gasteiger partial charge is 0.255 e. The molecule has 0 aliphatic rings. The van der Waals surface area contributed by atoms with Crippen LogP contribution in [0.1, 0.15) is 10.4 Å². The number of anilines is 2. The van der Waals surface area contributed by atoms with Crippen LogP contribution in [0.4, 0.5) is 28.9 Å². The lowest BCUT2D eigenvalue weighted by atomic mass is 10.1. The van der Waals surface area contributed by atoms with Gasteiger partial charge in [0, 0.05) is 23.4 Å². The number of hydrogen-bond donors (Lipinski definition) is 2. The quantitative estimate of drug-likeness (QED) is 0.506. The molecule has 0 aromatic heterocycles. The monoisotopic (exact) mass is 284 g/mol. The van der Waals surface area contributed by atoms with Crippen LogP contribution in [0.15, 0.2) is 30.3 Å². The van der Waals surface area contributed by atoms with E-state index in [1.165, 1.54) is 0 Å². The molecule has 0 saturated carbocycles. The second kappa shape index (κ2) is 5.20. The normalized spacial score (nSPS) is 10.4. The number of amides is 1. The van der Waals surface area contributed by atoms with Crippen molar-refractivity contribution >= 4 is 17.3 Å². The molecule has 0 spiro atoms. The van der Waals surface area contributed by atoms with E-state index in [0.29, 0.717) is 12.1 Å². The molecule has 0 bridgehead atoms. The number of nitrogens with two attached hydrogens (primary N) is 1. The summed E-state index contributed by atoms with van der Waals surface area (Å²) >= 11 is 0. The predicted molar refractivity (Wildman–Crippen MR) is 65.1 cm³/mol. The molecule has 0 heterocycles. The Hall–Kier alpha value is -2.57. The van der Waals surface area contributed by atoms with Crippen molar-refractivity contribution in [3.63, 3.8) is 0 Å². The average Bonchev–Trinajstić information content (AvgIpc) is 2.34. The van der Waals surface area contributed by atoms with Crippen LogP contribution in [-0.2, 0) is 0 Å². The molecule has 2 aromatic rings. The van der Waals surface area contributed by atoms with Crippen molar-refractivity contribution in [1.82, 2.24) is 0 Å². The first kappa shape index (κ1) is 13.9. The van der Waals surface area contributed by atoms with Gasteiger partial charge in [0.1, 0.15) is 11.6 Å². The molecule has 3 N–H and O–H groups in total. The van der Waals surface area contributed by atoms with Crippen molar-refractivity contribution in [2.75, 3.05) is 11.1 Å². The van der Waals surface area contributed by atoms with Crippen LogP contribution in [0.5, 0.6) is 0 Å². The van der Waals surface area contributed by atoms with Crippen molar-refractivity contribution in [1.29, 1.82) is 0 Å². The summed E-state index contributed by atoms with van der Waals surface area (Å²) in [5, 5.41) is 2.01. The van der Waals surface area contributed by atoms with E-state index in [9.17, 15) is 22.4 Å². The predicted octanol–water partition coefficient (Wildman–Crippen LogP) is 3.08. The number of hydrogen-bond acceptors (Lipinski definition) is 2. The Kier molecular flexibility index (Phi) is 3.60. The fraction of sp³-hybridized carbons (Fsp3) is 0. The zero-order chi connectivity index (χ0) is 14.9. The van der Waals surface area contributed by atoms with E-state index in [2.05, 4.69) is 0 Å². The molecule has 3 nitrogen and oxygen atoms in total. The molecular weight excluding hydrogens is 276 g/mol.